The maximum absolute atomic E-state index is 13.2. The molecule has 0 bridgehead atoms. The van der Waals surface area contributed by atoms with E-state index in [1.54, 1.807) is 30.3 Å². The predicted octanol–water partition coefficient (Wildman–Crippen LogP) is 4.59. The summed E-state index contributed by atoms with van der Waals surface area (Å²) in [4.78, 5) is 2.00. The van der Waals surface area contributed by atoms with Crippen LogP contribution in [0.3, 0.4) is 0 Å². The van der Waals surface area contributed by atoms with Crippen LogP contribution in [0, 0.1) is 0 Å². The summed E-state index contributed by atoms with van der Waals surface area (Å²) in [6, 6.07) is 10.8. The number of nitrogens with zero attached hydrogens (tertiary/aromatic N) is 1. The van der Waals surface area contributed by atoms with Crippen LogP contribution < -0.4 is 16.4 Å². The van der Waals surface area contributed by atoms with Crippen molar-refractivity contribution >= 4 is 34.4 Å². The topological polar surface area (TPSA) is 53.3 Å². The van der Waals surface area contributed by atoms with Gasteiger partial charge >= 0.3 is 6.18 Å². The highest BCUT2D eigenvalue weighted by Gasteiger charge is 2.31. The van der Waals surface area contributed by atoms with E-state index in [0.29, 0.717) is 29.0 Å². The molecule has 4 nitrogen and oxygen atoms in total. The monoisotopic (exact) mass is 396 g/mol. The third-order valence-corrected chi connectivity index (χ3v) is 4.02. The van der Waals surface area contributed by atoms with Gasteiger partial charge in [0.2, 0.25) is 0 Å². The Bertz CT molecular complexity index is 774. The van der Waals surface area contributed by atoms with Crippen LogP contribution in [0.5, 0.6) is 0 Å². The molecule has 0 aliphatic carbocycles. The van der Waals surface area contributed by atoms with Gasteiger partial charge in [-0.05, 0) is 93.7 Å². The third-order valence-electron chi connectivity index (χ3n) is 3.82. The van der Waals surface area contributed by atoms with Gasteiger partial charge in [-0.3, -0.25) is 0 Å². The first-order valence-corrected chi connectivity index (χ1v) is 8.84. The number of hydrogen-bond acceptors (Lipinski definition) is 3. The number of halogens is 3. The second kappa shape index (κ2) is 9.05. The van der Waals surface area contributed by atoms with Gasteiger partial charge in [0, 0.05) is 17.1 Å². The van der Waals surface area contributed by atoms with Crippen molar-refractivity contribution in [2.24, 2.45) is 0 Å². The largest absolute Gasteiger partial charge is 0.416 e. The fourth-order valence-electron chi connectivity index (χ4n) is 2.53. The molecule has 4 N–H and O–H groups in total. The molecule has 0 unspecified atom stereocenters. The van der Waals surface area contributed by atoms with E-state index < -0.39 is 11.7 Å². The van der Waals surface area contributed by atoms with Gasteiger partial charge in [0.25, 0.3) is 0 Å². The maximum Gasteiger partial charge on any atom is 0.416 e. The van der Waals surface area contributed by atoms with Gasteiger partial charge < -0.3 is 21.3 Å². The number of nitrogens with two attached hydrogens (primary N) is 1. The lowest BCUT2D eigenvalue weighted by Crippen LogP contribution is -2.20. The van der Waals surface area contributed by atoms with Gasteiger partial charge in [-0.25, -0.2) is 0 Å². The number of alkyl halides is 3. The first kappa shape index (κ1) is 21.0. The summed E-state index contributed by atoms with van der Waals surface area (Å²) in [5.41, 5.74) is 7.16. The van der Waals surface area contributed by atoms with Crippen molar-refractivity contribution in [2.75, 3.05) is 37.0 Å². The van der Waals surface area contributed by atoms with Crippen LogP contribution in [0.25, 0.3) is 0 Å². The fourth-order valence-corrected chi connectivity index (χ4v) is 2.77. The molecule has 2 aromatic rings. The quantitative estimate of drug-likeness (QED) is 0.493. The molecule has 146 valence electrons. The van der Waals surface area contributed by atoms with Crippen LogP contribution in [-0.2, 0) is 12.6 Å². The lowest BCUT2D eigenvalue weighted by molar-refractivity contribution is -0.137. The molecule has 0 radical (unpaired) electrons. The van der Waals surface area contributed by atoms with Crippen molar-refractivity contribution in [1.29, 1.82) is 0 Å². The molecule has 0 heterocycles. The molecule has 0 saturated carbocycles. The number of nitrogen functional groups attached to an aromatic ring is 1. The lowest BCUT2D eigenvalue weighted by Gasteiger charge is -2.16. The van der Waals surface area contributed by atoms with Crippen molar-refractivity contribution in [1.82, 2.24) is 4.90 Å². The average Bonchev–Trinajstić information content (AvgIpc) is 2.55. The van der Waals surface area contributed by atoms with E-state index in [0.717, 1.165) is 19.0 Å². The fraction of sp³-hybridized carbons (Fsp3) is 0.316. The van der Waals surface area contributed by atoms with Crippen molar-refractivity contribution in [3.63, 3.8) is 0 Å². The SMILES string of the molecule is CN(C)CCCc1cc(NC(=S)Nc2ccc(N)cc2)cc(C(F)(F)F)c1. The molecule has 0 aromatic heterocycles. The van der Waals surface area contributed by atoms with Crippen LogP contribution in [0.15, 0.2) is 42.5 Å². The van der Waals surface area contributed by atoms with Gasteiger partial charge in [-0.15, -0.1) is 0 Å². The summed E-state index contributed by atoms with van der Waals surface area (Å²) < 4.78 is 39.7. The molecule has 0 fully saturated rings. The summed E-state index contributed by atoms with van der Waals surface area (Å²) in [6.45, 7) is 0.802. The summed E-state index contributed by atoms with van der Waals surface area (Å²) in [5.74, 6) is 0. The molecule has 0 amide bonds. The van der Waals surface area contributed by atoms with E-state index in [4.69, 9.17) is 18.0 Å². The van der Waals surface area contributed by atoms with Crippen LogP contribution in [0.4, 0.5) is 30.2 Å². The Balaban J connectivity index is 2.13. The average molecular weight is 396 g/mol. The van der Waals surface area contributed by atoms with Gasteiger partial charge in [0.05, 0.1) is 5.56 Å². The van der Waals surface area contributed by atoms with Gasteiger partial charge in [0.1, 0.15) is 0 Å². The Morgan fingerprint density at radius 2 is 1.67 bits per heavy atom. The highest BCUT2D eigenvalue weighted by molar-refractivity contribution is 7.80. The Morgan fingerprint density at radius 3 is 2.26 bits per heavy atom. The number of thiocarbonyl (C=S) groups is 1. The van der Waals surface area contributed by atoms with Crippen molar-refractivity contribution in [3.05, 3.63) is 53.6 Å². The molecule has 2 aromatic carbocycles. The molecular formula is C19H23F3N4S. The second-order valence-electron chi connectivity index (χ2n) is 6.52. The van der Waals surface area contributed by atoms with E-state index in [1.807, 2.05) is 19.0 Å². The number of anilines is 3. The number of hydrogen-bond donors (Lipinski definition) is 3. The molecule has 0 aliphatic rings. The molecule has 0 aliphatic heterocycles. The van der Waals surface area contributed by atoms with Crippen molar-refractivity contribution in [3.8, 4) is 0 Å². The Hall–Kier alpha value is -2.32. The maximum atomic E-state index is 13.2. The minimum absolute atomic E-state index is 0.207. The predicted molar refractivity (Wildman–Crippen MR) is 109 cm³/mol. The zero-order valence-corrected chi connectivity index (χ0v) is 16.0. The lowest BCUT2D eigenvalue weighted by atomic mass is 10.0. The Morgan fingerprint density at radius 1 is 1.04 bits per heavy atom. The summed E-state index contributed by atoms with van der Waals surface area (Å²) in [7, 11) is 3.86. The molecule has 8 heteroatoms. The zero-order valence-electron chi connectivity index (χ0n) is 15.2. The Kier molecular flexibility index (Phi) is 7.04. The number of aryl methyl sites for hydroxylation is 1. The van der Waals surface area contributed by atoms with Crippen LogP contribution in [0.2, 0.25) is 0 Å². The first-order valence-electron chi connectivity index (χ1n) is 8.43. The van der Waals surface area contributed by atoms with Gasteiger partial charge in [-0.2, -0.15) is 13.2 Å². The third kappa shape index (κ3) is 7.07. The summed E-state index contributed by atoms with van der Waals surface area (Å²) in [6.07, 6.45) is -3.10. The molecule has 2 rings (SSSR count). The Labute approximate surface area is 162 Å². The first-order chi connectivity index (χ1) is 12.6. The van der Waals surface area contributed by atoms with Gasteiger partial charge in [0.15, 0.2) is 5.11 Å². The highest BCUT2D eigenvalue weighted by Crippen LogP contribution is 2.32. The van der Waals surface area contributed by atoms with Crippen molar-refractivity contribution in [2.45, 2.75) is 19.0 Å². The molecular weight excluding hydrogens is 373 g/mol. The van der Waals surface area contributed by atoms with E-state index in [2.05, 4.69) is 10.6 Å². The van der Waals surface area contributed by atoms with Crippen LogP contribution >= 0.6 is 12.2 Å². The van der Waals surface area contributed by atoms with E-state index in [9.17, 15) is 13.2 Å². The smallest absolute Gasteiger partial charge is 0.399 e. The van der Waals surface area contributed by atoms with Gasteiger partial charge in [-0.1, -0.05) is 0 Å². The molecule has 0 spiro atoms. The van der Waals surface area contributed by atoms with Crippen LogP contribution in [0.1, 0.15) is 17.5 Å². The molecule has 0 saturated heterocycles. The minimum atomic E-state index is -4.42. The second-order valence-corrected chi connectivity index (χ2v) is 6.93. The van der Waals surface area contributed by atoms with Crippen LogP contribution in [-0.4, -0.2) is 30.7 Å². The summed E-state index contributed by atoms with van der Waals surface area (Å²) in [5, 5.41) is 5.97. The molecule has 27 heavy (non-hydrogen) atoms. The normalized spacial score (nSPS) is 11.5. The highest BCUT2D eigenvalue weighted by atomic mass is 32.1. The van der Waals surface area contributed by atoms with E-state index >= 15 is 0 Å². The number of rotatable bonds is 6. The number of benzene rings is 2. The zero-order chi connectivity index (χ0) is 20.0. The van der Waals surface area contributed by atoms with E-state index in [-0.39, 0.29) is 5.11 Å². The number of nitrogens with one attached hydrogen (secondary N) is 2. The summed E-state index contributed by atoms with van der Waals surface area (Å²) >= 11 is 5.21. The molecule has 0 atom stereocenters. The van der Waals surface area contributed by atoms with E-state index in [1.165, 1.54) is 6.07 Å². The minimum Gasteiger partial charge on any atom is -0.399 e. The standard InChI is InChI=1S/C19H23F3N4S/c1-26(2)9-3-4-13-10-14(19(20,21)22)12-17(11-13)25-18(27)24-16-7-5-15(23)6-8-16/h5-8,10-12H,3-4,9,23H2,1-2H3,(H2,24,25,27). The van der Waals surface area contributed by atoms with Crippen molar-refractivity contribution < 1.29 is 13.2 Å².